The third-order valence-electron chi connectivity index (χ3n) is 5.18. The van der Waals surface area contributed by atoms with Crippen molar-refractivity contribution in [3.05, 3.63) is 11.9 Å². The van der Waals surface area contributed by atoms with Crippen LogP contribution in [0.3, 0.4) is 0 Å². The van der Waals surface area contributed by atoms with E-state index < -0.39 is 0 Å². The lowest BCUT2D eigenvalue weighted by Crippen LogP contribution is -2.45. The minimum Gasteiger partial charge on any atom is -0.354 e. The summed E-state index contributed by atoms with van der Waals surface area (Å²) in [6, 6.07) is 0.537. The van der Waals surface area contributed by atoms with E-state index >= 15 is 0 Å². The Kier molecular flexibility index (Phi) is 9.02. The fourth-order valence-corrected chi connectivity index (χ4v) is 3.51. The number of nitrogens with zero attached hydrogens (tertiary/aromatic N) is 4. The van der Waals surface area contributed by atoms with E-state index in [4.69, 9.17) is 0 Å². The SMILES string of the molecule is CN=C(NCc1cnc(N(C)C)n1C)NC1CCC(C(C)C)CC1.I. The van der Waals surface area contributed by atoms with Gasteiger partial charge < -0.3 is 20.1 Å². The van der Waals surface area contributed by atoms with Crippen molar-refractivity contribution in [1.82, 2.24) is 20.2 Å². The number of guanidine groups is 1. The Morgan fingerprint density at radius 3 is 2.44 bits per heavy atom. The highest BCUT2D eigenvalue weighted by molar-refractivity contribution is 14.0. The van der Waals surface area contributed by atoms with E-state index in [0.717, 1.165) is 36.0 Å². The van der Waals surface area contributed by atoms with Crippen LogP contribution in [0.4, 0.5) is 5.95 Å². The molecule has 0 saturated heterocycles. The van der Waals surface area contributed by atoms with Crippen LogP contribution in [0.1, 0.15) is 45.2 Å². The van der Waals surface area contributed by atoms with E-state index in [9.17, 15) is 0 Å². The molecule has 1 aromatic heterocycles. The smallest absolute Gasteiger partial charge is 0.204 e. The monoisotopic (exact) mass is 462 g/mol. The van der Waals surface area contributed by atoms with Gasteiger partial charge in [0.25, 0.3) is 0 Å². The van der Waals surface area contributed by atoms with Crippen LogP contribution < -0.4 is 15.5 Å². The topological polar surface area (TPSA) is 57.5 Å². The molecule has 6 nitrogen and oxygen atoms in total. The fraction of sp³-hybridized carbons (Fsp3) is 0.778. The van der Waals surface area contributed by atoms with Gasteiger partial charge >= 0.3 is 0 Å². The van der Waals surface area contributed by atoms with Gasteiger partial charge in [0.15, 0.2) is 5.96 Å². The maximum absolute atomic E-state index is 4.45. The number of halogens is 1. The lowest BCUT2D eigenvalue weighted by atomic mass is 9.80. The molecule has 0 unspecified atom stereocenters. The quantitative estimate of drug-likeness (QED) is 0.402. The molecule has 144 valence electrons. The highest BCUT2D eigenvalue weighted by atomic mass is 127. The summed E-state index contributed by atoms with van der Waals surface area (Å²) in [5.74, 6) is 3.54. The van der Waals surface area contributed by atoms with Gasteiger partial charge in [-0.3, -0.25) is 4.99 Å². The third-order valence-corrected chi connectivity index (χ3v) is 5.18. The highest BCUT2D eigenvalue weighted by Crippen LogP contribution is 2.29. The molecular formula is C18H35IN6. The molecule has 1 aromatic rings. The van der Waals surface area contributed by atoms with Crippen LogP contribution in [0.15, 0.2) is 11.2 Å². The average Bonchev–Trinajstić information content (AvgIpc) is 2.93. The van der Waals surface area contributed by atoms with Gasteiger partial charge in [0, 0.05) is 34.2 Å². The van der Waals surface area contributed by atoms with E-state index in [2.05, 4.69) is 39.0 Å². The van der Waals surface area contributed by atoms with Crippen molar-refractivity contribution >= 4 is 35.9 Å². The van der Waals surface area contributed by atoms with Gasteiger partial charge in [-0.1, -0.05) is 13.8 Å². The van der Waals surface area contributed by atoms with Crippen LogP contribution in [0.25, 0.3) is 0 Å². The average molecular weight is 462 g/mol. The summed E-state index contributed by atoms with van der Waals surface area (Å²) in [7, 11) is 7.90. The third kappa shape index (κ3) is 6.04. The van der Waals surface area contributed by atoms with Crippen LogP contribution in [-0.4, -0.2) is 42.7 Å². The zero-order valence-electron chi connectivity index (χ0n) is 16.5. The standard InChI is InChI=1S/C18H34N6.HI/c1-13(2)14-7-9-15(10-8-14)22-17(19-3)20-11-16-12-21-18(23(4)5)24(16)6;/h12-15H,7-11H2,1-6H3,(H2,19,20,22);1H. The summed E-state index contributed by atoms with van der Waals surface area (Å²) < 4.78 is 2.11. The highest BCUT2D eigenvalue weighted by Gasteiger charge is 2.23. The summed E-state index contributed by atoms with van der Waals surface area (Å²) in [6.45, 7) is 5.40. The molecule has 0 aromatic carbocycles. The molecule has 0 spiro atoms. The zero-order chi connectivity index (χ0) is 17.7. The van der Waals surface area contributed by atoms with Crippen molar-refractivity contribution in [2.45, 2.75) is 52.1 Å². The lowest BCUT2D eigenvalue weighted by Gasteiger charge is -2.32. The first-order valence-electron chi connectivity index (χ1n) is 9.07. The minimum atomic E-state index is 0. The molecule has 1 heterocycles. The fourth-order valence-electron chi connectivity index (χ4n) is 3.51. The van der Waals surface area contributed by atoms with Gasteiger partial charge in [-0.15, -0.1) is 24.0 Å². The van der Waals surface area contributed by atoms with E-state index in [1.165, 1.54) is 25.7 Å². The van der Waals surface area contributed by atoms with E-state index in [0.29, 0.717) is 6.04 Å². The predicted molar refractivity (Wildman–Crippen MR) is 117 cm³/mol. The van der Waals surface area contributed by atoms with Crippen LogP contribution in [0.5, 0.6) is 0 Å². The Morgan fingerprint density at radius 2 is 1.96 bits per heavy atom. The number of aromatic nitrogens is 2. The zero-order valence-corrected chi connectivity index (χ0v) is 18.9. The van der Waals surface area contributed by atoms with Gasteiger partial charge in [0.05, 0.1) is 18.4 Å². The van der Waals surface area contributed by atoms with Gasteiger partial charge in [0.1, 0.15) is 0 Å². The molecule has 2 rings (SSSR count). The summed E-state index contributed by atoms with van der Waals surface area (Å²) in [6.07, 6.45) is 7.03. The summed E-state index contributed by atoms with van der Waals surface area (Å²) in [5.41, 5.74) is 1.14. The molecule has 0 aliphatic heterocycles. The Balaban J connectivity index is 0.00000312. The number of hydrogen-bond donors (Lipinski definition) is 2. The molecule has 1 aliphatic rings. The van der Waals surface area contributed by atoms with Crippen molar-refractivity contribution in [3.8, 4) is 0 Å². The predicted octanol–water partition coefficient (Wildman–Crippen LogP) is 2.98. The van der Waals surface area contributed by atoms with Crippen LogP contribution in [0.2, 0.25) is 0 Å². The normalized spacial score (nSPS) is 21.0. The van der Waals surface area contributed by atoms with Crippen molar-refractivity contribution in [2.24, 2.45) is 23.9 Å². The molecule has 0 radical (unpaired) electrons. The number of nitrogens with one attached hydrogen (secondary N) is 2. The molecule has 0 atom stereocenters. The largest absolute Gasteiger partial charge is 0.354 e. The van der Waals surface area contributed by atoms with E-state index in [1.54, 1.807) is 0 Å². The van der Waals surface area contributed by atoms with E-state index in [1.807, 2.05) is 39.3 Å². The molecule has 7 heteroatoms. The first kappa shape index (κ1) is 22.1. The first-order chi connectivity index (χ1) is 11.4. The summed E-state index contributed by atoms with van der Waals surface area (Å²) >= 11 is 0. The molecule has 1 saturated carbocycles. The minimum absolute atomic E-state index is 0. The number of anilines is 1. The summed E-state index contributed by atoms with van der Waals surface area (Å²) in [5, 5.41) is 7.00. The maximum Gasteiger partial charge on any atom is 0.204 e. The van der Waals surface area contributed by atoms with Crippen LogP contribution >= 0.6 is 24.0 Å². The van der Waals surface area contributed by atoms with Gasteiger partial charge in [0.2, 0.25) is 5.95 Å². The van der Waals surface area contributed by atoms with Gasteiger partial charge in [-0.2, -0.15) is 0 Å². The van der Waals surface area contributed by atoms with Crippen molar-refractivity contribution in [1.29, 1.82) is 0 Å². The Labute approximate surface area is 169 Å². The molecule has 0 amide bonds. The Bertz CT molecular complexity index is 544. The van der Waals surface area contributed by atoms with Crippen molar-refractivity contribution < 1.29 is 0 Å². The number of rotatable bonds is 5. The lowest BCUT2D eigenvalue weighted by molar-refractivity contribution is 0.250. The first-order valence-corrected chi connectivity index (χ1v) is 9.07. The second kappa shape index (κ2) is 10.2. The molecule has 0 bridgehead atoms. The van der Waals surface area contributed by atoms with Crippen molar-refractivity contribution in [3.63, 3.8) is 0 Å². The van der Waals surface area contributed by atoms with E-state index in [-0.39, 0.29) is 24.0 Å². The van der Waals surface area contributed by atoms with Gasteiger partial charge in [-0.25, -0.2) is 4.98 Å². The van der Waals surface area contributed by atoms with Crippen LogP contribution in [-0.2, 0) is 13.6 Å². The molecule has 2 N–H and O–H groups in total. The second-order valence-electron chi connectivity index (χ2n) is 7.43. The number of hydrogen-bond acceptors (Lipinski definition) is 3. The number of imidazole rings is 1. The Morgan fingerprint density at radius 1 is 1.32 bits per heavy atom. The molecule has 25 heavy (non-hydrogen) atoms. The second-order valence-corrected chi connectivity index (χ2v) is 7.43. The Hall–Kier alpha value is -0.990. The summed E-state index contributed by atoms with van der Waals surface area (Å²) in [4.78, 5) is 10.8. The van der Waals surface area contributed by atoms with Crippen molar-refractivity contribution in [2.75, 3.05) is 26.0 Å². The van der Waals surface area contributed by atoms with Crippen LogP contribution in [0, 0.1) is 11.8 Å². The molecule has 1 aliphatic carbocycles. The van der Waals surface area contributed by atoms with Gasteiger partial charge in [-0.05, 0) is 37.5 Å². The maximum atomic E-state index is 4.45. The molecule has 1 fully saturated rings. The number of aliphatic imine (C=N–C) groups is 1. The molecular weight excluding hydrogens is 427 g/mol.